The number of carbonyl (C=O) groups excluding carboxylic acids is 2. The Morgan fingerprint density at radius 3 is 2.51 bits per heavy atom. The minimum Gasteiger partial charge on any atom is -0.482 e. The van der Waals surface area contributed by atoms with Crippen molar-refractivity contribution in [2.24, 2.45) is 5.92 Å². The summed E-state index contributed by atoms with van der Waals surface area (Å²) in [6.07, 6.45) is 8.75. The van der Waals surface area contributed by atoms with E-state index in [2.05, 4.69) is 4.90 Å². The van der Waals surface area contributed by atoms with E-state index in [1.54, 1.807) is 4.90 Å². The zero-order chi connectivity index (χ0) is 24.2. The molecular weight excluding hydrogens is 438 g/mol. The molecule has 2 aliphatic heterocycles. The predicted molar refractivity (Wildman–Crippen MR) is 138 cm³/mol. The topological polar surface area (TPSA) is 53.1 Å². The SMILES string of the molecule is CN(C(=O)c1ccc(CN2C(=O)COc3ccccc32)cc1)[C@@H]1CCCC[C@H]1CN1CCCCC1. The van der Waals surface area contributed by atoms with E-state index in [0.717, 1.165) is 30.0 Å². The molecular formula is C29H37N3O3. The van der Waals surface area contributed by atoms with Crippen LogP contribution in [0.15, 0.2) is 48.5 Å². The Balaban J connectivity index is 1.25. The van der Waals surface area contributed by atoms with E-state index in [4.69, 9.17) is 4.74 Å². The molecule has 35 heavy (non-hydrogen) atoms. The van der Waals surface area contributed by atoms with Gasteiger partial charge in [0, 0.05) is 25.2 Å². The van der Waals surface area contributed by atoms with Gasteiger partial charge in [-0.15, -0.1) is 0 Å². The second-order valence-electron chi connectivity index (χ2n) is 10.3. The largest absolute Gasteiger partial charge is 0.482 e. The molecule has 0 N–H and O–H groups in total. The van der Waals surface area contributed by atoms with E-state index in [-0.39, 0.29) is 18.4 Å². The van der Waals surface area contributed by atoms with Gasteiger partial charge in [-0.05, 0) is 74.5 Å². The molecule has 2 aromatic carbocycles. The summed E-state index contributed by atoms with van der Waals surface area (Å²) in [6, 6.07) is 15.7. The van der Waals surface area contributed by atoms with Gasteiger partial charge in [0.15, 0.2) is 6.61 Å². The zero-order valence-corrected chi connectivity index (χ0v) is 20.8. The van der Waals surface area contributed by atoms with Gasteiger partial charge in [-0.1, -0.05) is 43.5 Å². The second kappa shape index (κ2) is 10.8. The number of ether oxygens (including phenoxy) is 1. The van der Waals surface area contributed by atoms with Crippen LogP contribution in [0.4, 0.5) is 5.69 Å². The Hall–Kier alpha value is -2.86. The fourth-order valence-corrected chi connectivity index (χ4v) is 6.00. The molecule has 0 bridgehead atoms. The molecule has 2 atom stereocenters. The maximum atomic E-state index is 13.4. The molecule has 186 valence electrons. The Labute approximate surface area is 208 Å². The standard InChI is InChI=1S/C29H37N3O3/c1-30(25-10-4-3-9-24(25)20-31-17-7-2-8-18-31)29(34)23-15-13-22(14-16-23)19-32-26-11-5-6-12-27(26)35-21-28(32)33/h5-6,11-16,24-25H,2-4,7-10,17-21H2,1H3/t24-,25+/m0/s1. The van der Waals surface area contributed by atoms with Gasteiger partial charge in [0.1, 0.15) is 5.75 Å². The van der Waals surface area contributed by atoms with Crippen LogP contribution < -0.4 is 9.64 Å². The first-order valence-corrected chi connectivity index (χ1v) is 13.2. The lowest BCUT2D eigenvalue weighted by atomic mass is 9.82. The van der Waals surface area contributed by atoms with Crippen LogP contribution in [0.3, 0.4) is 0 Å². The van der Waals surface area contributed by atoms with Crippen LogP contribution in [0.25, 0.3) is 0 Å². The maximum Gasteiger partial charge on any atom is 0.265 e. The van der Waals surface area contributed by atoms with Crippen molar-refractivity contribution in [1.82, 2.24) is 9.80 Å². The van der Waals surface area contributed by atoms with Gasteiger partial charge in [-0.3, -0.25) is 9.59 Å². The molecule has 6 heteroatoms. The van der Waals surface area contributed by atoms with Crippen molar-refractivity contribution in [3.63, 3.8) is 0 Å². The first-order valence-electron chi connectivity index (χ1n) is 13.2. The number of hydrogen-bond acceptors (Lipinski definition) is 4. The summed E-state index contributed by atoms with van der Waals surface area (Å²) >= 11 is 0. The Kier molecular flexibility index (Phi) is 7.37. The van der Waals surface area contributed by atoms with Crippen LogP contribution in [-0.4, -0.2) is 60.9 Å². The number of piperidine rings is 1. The van der Waals surface area contributed by atoms with Gasteiger partial charge in [-0.25, -0.2) is 0 Å². The highest BCUT2D eigenvalue weighted by Gasteiger charge is 2.33. The summed E-state index contributed by atoms with van der Waals surface area (Å²) in [5.41, 5.74) is 2.50. The molecule has 0 unspecified atom stereocenters. The van der Waals surface area contributed by atoms with Crippen LogP contribution in [0.2, 0.25) is 0 Å². The molecule has 0 aromatic heterocycles. The number of fused-ring (bicyclic) bond motifs is 1. The lowest BCUT2D eigenvalue weighted by Crippen LogP contribution is -2.48. The lowest BCUT2D eigenvalue weighted by Gasteiger charge is -2.41. The summed E-state index contributed by atoms with van der Waals surface area (Å²) in [5.74, 6) is 1.33. The molecule has 2 aromatic rings. The van der Waals surface area contributed by atoms with Crippen LogP contribution in [-0.2, 0) is 11.3 Å². The molecule has 3 aliphatic rings. The first kappa shape index (κ1) is 23.9. The van der Waals surface area contributed by atoms with Crippen molar-refractivity contribution in [3.05, 3.63) is 59.7 Å². The number of benzene rings is 2. The normalized spacial score (nSPS) is 22.9. The average molecular weight is 476 g/mol. The number of hydrogen-bond donors (Lipinski definition) is 0. The number of rotatable bonds is 6. The monoisotopic (exact) mass is 475 g/mol. The summed E-state index contributed by atoms with van der Waals surface area (Å²) in [5, 5.41) is 0. The number of anilines is 1. The van der Waals surface area contributed by atoms with Crippen molar-refractivity contribution in [2.75, 3.05) is 38.2 Å². The van der Waals surface area contributed by atoms with Gasteiger partial charge >= 0.3 is 0 Å². The van der Waals surface area contributed by atoms with Crippen LogP contribution in [0, 0.1) is 5.92 Å². The van der Waals surface area contributed by atoms with Crippen molar-refractivity contribution in [2.45, 2.75) is 57.5 Å². The third kappa shape index (κ3) is 5.37. The highest BCUT2D eigenvalue weighted by molar-refractivity contribution is 5.98. The summed E-state index contributed by atoms with van der Waals surface area (Å²) in [7, 11) is 1.98. The van der Waals surface area contributed by atoms with Crippen LogP contribution in [0.1, 0.15) is 60.9 Å². The van der Waals surface area contributed by atoms with Gasteiger partial charge in [0.05, 0.1) is 12.2 Å². The minimum atomic E-state index is -0.0550. The number of likely N-dealkylation sites (tertiary alicyclic amines) is 1. The van der Waals surface area contributed by atoms with Crippen molar-refractivity contribution < 1.29 is 14.3 Å². The third-order valence-electron chi connectivity index (χ3n) is 7.98. The second-order valence-corrected chi connectivity index (χ2v) is 10.3. The van der Waals surface area contributed by atoms with E-state index in [1.165, 1.54) is 51.6 Å². The highest BCUT2D eigenvalue weighted by atomic mass is 16.5. The van der Waals surface area contributed by atoms with E-state index in [0.29, 0.717) is 24.1 Å². The van der Waals surface area contributed by atoms with Gasteiger partial charge < -0.3 is 19.4 Å². The smallest absolute Gasteiger partial charge is 0.265 e. The lowest BCUT2D eigenvalue weighted by molar-refractivity contribution is -0.121. The average Bonchev–Trinajstić information content (AvgIpc) is 2.91. The molecule has 2 fully saturated rings. The first-order chi connectivity index (χ1) is 17.1. The van der Waals surface area contributed by atoms with E-state index >= 15 is 0 Å². The van der Waals surface area contributed by atoms with Crippen molar-refractivity contribution in [1.29, 1.82) is 0 Å². The molecule has 2 heterocycles. The predicted octanol–water partition coefficient (Wildman–Crippen LogP) is 4.73. The Bertz CT molecular complexity index is 1030. The summed E-state index contributed by atoms with van der Waals surface area (Å²) < 4.78 is 5.55. The molecule has 1 saturated heterocycles. The highest BCUT2D eigenvalue weighted by Crippen LogP contribution is 2.33. The fraction of sp³-hybridized carbons (Fsp3) is 0.517. The quantitative estimate of drug-likeness (QED) is 0.606. The maximum absolute atomic E-state index is 13.4. The summed E-state index contributed by atoms with van der Waals surface area (Å²) in [6.45, 7) is 4.05. The number of para-hydroxylation sites is 2. The minimum absolute atomic E-state index is 0.0539. The van der Waals surface area contributed by atoms with Gasteiger partial charge in [0.25, 0.3) is 11.8 Å². The fourth-order valence-electron chi connectivity index (χ4n) is 6.00. The Morgan fingerprint density at radius 2 is 1.71 bits per heavy atom. The zero-order valence-electron chi connectivity index (χ0n) is 20.8. The van der Waals surface area contributed by atoms with Crippen molar-refractivity contribution >= 4 is 17.5 Å². The van der Waals surface area contributed by atoms with Gasteiger partial charge in [0.2, 0.25) is 0 Å². The number of amides is 2. The number of nitrogens with zero attached hydrogens (tertiary/aromatic N) is 3. The molecule has 0 spiro atoms. The molecule has 0 radical (unpaired) electrons. The van der Waals surface area contributed by atoms with E-state index in [9.17, 15) is 9.59 Å². The molecule has 1 saturated carbocycles. The van der Waals surface area contributed by atoms with Gasteiger partial charge in [-0.2, -0.15) is 0 Å². The van der Waals surface area contributed by atoms with Crippen LogP contribution >= 0.6 is 0 Å². The molecule has 1 aliphatic carbocycles. The molecule has 5 rings (SSSR count). The number of carbonyl (C=O) groups is 2. The van der Waals surface area contributed by atoms with Crippen molar-refractivity contribution in [3.8, 4) is 5.75 Å². The van der Waals surface area contributed by atoms with Crippen LogP contribution in [0.5, 0.6) is 5.75 Å². The van der Waals surface area contributed by atoms with E-state index < -0.39 is 0 Å². The third-order valence-corrected chi connectivity index (χ3v) is 7.98. The molecule has 6 nitrogen and oxygen atoms in total. The van der Waals surface area contributed by atoms with E-state index in [1.807, 2.05) is 60.5 Å². The summed E-state index contributed by atoms with van der Waals surface area (Å²) in [4.78, 5) is 32.3. The Morgan fingerprint density at radius 1 is 0.971 bits per heavy atom. The molecule has 2 amide bonds.